The molecule has 1 rings (SSSR count). The standard InChI is InChI=1S/C6H12BrN/c7-5-2-1-3-6(8)4-5/h5-6H,1-4,8H2. The molecule has 8 heavy (non-hydrogen) atoms. The summed E-state index contributed by atoms with van der Waals surface area (Å²) in [6.45, 7) is 0. The van der Waals surface area contributed by atoms with Crippen molar-refractivity contribution in [1.29, 1.82) is 0 Å². The average molecular weight is 178 g/mol. The summed E-state index contributed by atoms with van der Waals surface area (Å²) in [4.78, 5) is 0.700. The van der Waals surface area contributed by atoms with Gasteiger partial charge in [0.15, 0.2) is 0 Å². The molecule has 1 aliphatic carbocycles. The average Bonchev–Trinajstić information content (AvgIpc) is 1.64. The van der Waals surface area contributed by atoms with Crippen molar-refractivity contribution >= 4 is 15.9 Å². The summed E-state index contributed by atoms with van der Waals surface area (Å²) < 4.78 is 0. The van der Waals surface area contributed by atoms with Gasteiger partial charge in [0, 0.05) is 10.9 Å². The zero-order chi connectivity index (χ0) is 5.98. The van der Waals surface area contributed by atoms with Crippen molar-refractivity contribution < 1.29 is 0 Å². The molecule has 2 unspecified atom stereocenters. The van der Waals surface area contributed by atoms with Crippen LogP contribution in [0.2, 0.25) is 0 Å². The van der Waals surface area contributed by atoms with Crippen LogP contribution in [-0.4, -0.2) is 10.9 Å². The maximum absolute atomic E-state index is 5.70. The summed E-state index contributed by atoms with van der Waals surface area (Å²) in [5.41, 5.74) is 5.70. The van der Waals surface area contributed by atoms with Gasteiger partial charge in [-0.05, 0) is 19.3 Å². The molecular formula is C6H12BrN. The molecule has 0 aromatic heterocycles. The summed E-state index contributed by atoms with van der Waals surface area (Å²) in [7, 11) is 0. The minimum Gasteiger partial charge on any atom is -0.328 e. The highest BCUT2D eigenvalue weighted by molar-refractivity contribution is 9.09. The lowest BCUT2D eigenvalue weighted by Gasteiger charge is -2.21. The van der Waals surface area contributed by atoms with Crippen LogP contribution in [0.15, 0.2) is 0 Å². The zero-order valence-electron chi connectivity index (χ0n) is 4.94. The van der Waals surface area contributed by atoms with Crippen molar-refractivity contribution in [2.75, 3.05) is 0 Å². The van der Waals surface area contributed by atoms with E-state index in [0.29, 0.717) is 10.9 Å². The third-order valence-electron chi connectivity index (χ3n) is 1.65. The van der Waals surface area contributed by atoms with Gasteiger partial charge in [-0.2, -0.15) is 0 Å². The van der Waals surface area contributed by atoms with Gasteiger partial charge in [0.05, 0.1) is 0 Å². The van der Waals surface area contributed by atoms with Crippen molar-refractivity contribution in [1.82, 2.24) is 0 Å². The molecule has 0 saturated heterocycles. The fourth-order valence-electron chi connectivity index (χ4n) is 1.17. The zero-order valence-corrected chi connectivity index (χ0v) is 6.52. The Kier molecular flexibility index (Phi) is 2.32. The Morgan fingerprint density at radius 2 is 2.12 bits per heavy atom. The Labute approximate surface area is 58.8 Å². The second-order valence-corrected chi connectivity index (χ2v) is 3.82. The Hall–Kier alpha value is 0.440. The number of hydrogen-bond acceptors (Lipinski definition) is 1. The van der Waals surface area contributed by atoms with Gasteiger partial charge in [-0.3, -0.25) is 0 Å². The van der Waals surface area contributed by atoms with Crippen LogP contribution in [0, 0.1) is 0 Å². The van der Waals surface area contributed by atoms with Crippen LogP contribution in [0.3, 0.4) is 0 Å². The van der Waals surface area contributed by atoms with Gasteiger partial charge in [0.2, 0.25) is 0 Å². The van der Waals surface area contributed by atoms with Crippen molar-refractivity contribution in [3.63, 3.8) is 0 Å². The second-order valence-electron chi connectivity index (χ2n) is 2.52. The van der Waals surface area contributed by atoms with Gasteiger partial charge in [-0.15, -0.1) is 0 Å². The van der Waals surface area contributed by atoms with E-state index in [9.17, 15) is 0 Å². The fourth-order valence-corrected chi connectivity index (χ4v) is 1.97. The molecule has 1 fully saturated rings. The van der Waals surface area contributed by atoms with Crippen LogP contribution in [0.5, 0.6) is 0 Å². The minimum atomic E-state index is 0.466. The molecule has 0 aromatic rings. The van der Waals surface area contributed by atoms with E-state index in [2.05, 4.69) is 15.9 Å². The van der Waals surface area contributed by atoms with E-state index < -0.39 is 0 Å². The van der Waals surface area contributed by atoms with Crippen molar-refractivity contribution in [2.45, 2.75) is 36.6 Å². The lowest BCUT2D eigenvalue weighted by Crippen LogP contribution is -2.27. The first-order valence-electron chi connectivity index (χ1n) is 3.18. The molecule has 48 valence electrons. The first-order chi connectivity index (χ1) is 3.79. The molecule has 0 amide bonds. The third-order valence-corrected chi connectivity index (χ3v) is 2.48. The van der Waals surface area contributed by atoms with Gasteiger partial charge >= 0.3 is 0 Å². The molecule has 1 aliphatic rings. The van der Waals surface area contributed by atoms with Gasteiger partial charge in [0.25, 0.3) is 0 Å². The number of rotatable bonds is 0. The predicted molar refractivity (Wildman–Crippen MR) is 39.2 cm³/mol. The van der Waals surface area contributed by atoms with Gasteiger partial charge in [0.1, 0.15) is 0 Å². The summed E-state index contributed by atoms with van der Waals surface area (Å²) in [6.07, 6.45) is 5.01. The Morgan fingerprint density at radius 3 is 2.50 bits per heavy atom. The van der Waals surface area contributed by atoms with Gasteiger partial charge in [-0.25, -0.2) is 0 Å². The molecule has 2 heteroatoms. The lowest BCUT2D eigenvalue weighted by molar-refractivity contribution is 0.455. The molecular weight excluding hydrogens is 166 g/mol. The highest BCUT2D eigenvalue weighted by atomic mass is 79.9. The van der Waals surface area contributed by atoms with Gasteiger partial charge < -0.3 is 5.73 Å². The summed E-state index contributed by atoms with van der Waals surface area (Å²) in [5, 5.41) is 0. The monoisotopic (exact) mass is 177 g/mol. The minimum absolute atomic E-state index is 0.466. The van der Waals surface area contributed by atoms with E-state index in [0.717, 1.165) is 0 Å². The first kappa shape index (κ1) is 6.56. The smallest absolute Gasteiger partial charge is 0.0160 e. The van der Waals surface area contributed by atoms with E-state index in [1.54, 1.807) is 0 Å². The molecule has 1 nitrogen and oxygen atoms in total. The Balaban J connectivity index is 2.23. The van der Waals surface area contributed by atoms with E-state index in [1.165, 1.54) is 25.7 Å². The molecule has 0 heterocycles. The SMILES string of the molecule is NC1CCCC(Br)C1. The molecule has 0 radical (unpaired) electrons. The topological polar surface area (TPSA) is 26.0 Å². The number of halogens is 1. The van der Waals surface area contributed by atoms with Crippen molar-refractivity contribution in [2.24, 2.45) is 5.73 Å². The Bertz CT molecular complexity index is 66.9. The lowest BCUT2D eigenvalue weighted by atomic mass is 9.96. The quantitative estimate of drug-likeness (QED) is 0.560. The van der Waals surface area contributed by atoms with Crippen LogP contribution in [-0.2, 0) is 0 Å². The van der Waals surface area contributed by atoms with Crippen LogP contribution >= 0.6 is 15.9 Å². The summed E-state index contributed by atoms with van der Waals surface area (Å²) in [5.74, 6) is 0. The molecule has 1 saturated carbocycles. The molecule has 2 atom stereocenters. The third kappa shape index (κ3) is 1.75. The normalized spacial score (nSPS) is 39.8. The van der Waals surface area contributed by atoms with E-state index in [1.807, 2.05) is 0 Å². The molecule has 0 bridgehead atoms. The maximum atomic E-state index is 5.70. The Morgan fingerprint density at radius 1 is 1.38 bits per heavy atom. The van der Waals surface area contributed by atoms with Crippen LogP contribution in [0.25, 0.3) is 0 Å². The van der Waals surface area contributed by atoms with E-state index in [4.69, 9.17) is 5.73 Å². The van der Waals surface area contributed by atoms with E-state index >= 15 is 0 Å². The number of nitrogens with two attached hydrogens (primary N) is 1. The number of hydrogen-bond donors (Lipinski definition) is 1. The van der Waals surface area contributed by atoms with Crippen molar-refractivity contribution in [3.8, 4) is 0 Å². The van der Waals surface area contributed by atoms with Crippen LogP contribution in [0.4, 0.5) is 0 Å². The molecule has 0 spiro atoms. The van der Waals surface area contributed by atoms with Crippen molar-refractivity contribution in [3.05, 3.63) is 0 Å². The molecule has 0 aliphatic heterocycles. The van der Waals surface area contributed by atoms with Gasteiger partial charge in [-0.1, -0.05) is 22.4 Å². The van der Waals surface area contributed by atoms with Crippen LogP contribution in [0.1, 0.15) is 25.7 Å². The number of alkyl halides is 1. The summed E-state index contributed by atoms with van der Waals surface area (Å²) in [6, 6.07) is 0.466. The predicted octanol–water partition coefficient (Wildman–Crippen LogP) is 1.65. The first-order valence-corrected chi connectivity index (χ1v) is 4.10. The fraction of sp³-hybridized carbons (Fsp3) is 1.00. The maximum Gasteiger partial charge on any atom is 0.0160 e. The highest BCUT2D eigenvalue weighted by Gasteiger charge is 2.15. The molecule has 0 aromatic carbocycles. The van der Waals surface area contributed by atoms with Crippen LogP contribution < -0.4 is 5.73 Å². The van der Waals surface area contributed by atoms with E-state index in [-0.39, 0.29) is 0 Å². The largest absolute Gasteiger partial charge is 0.328 e. The second kappa shape index (κ2) is 2.83. The molecule has 2 N–H and O–H groups in total. The highest BCUT2D eigenvalue weighted by Crippen LogP contribution is 2.22. The summed E-state index contributed by atoms with van der Waals surface area (Å²) >= 11 is 3.55.